The molecule has 2 aromatic rings. The van der Waals surface area contributed by atoms with Gasteiger partial charge in [0, 0.05) is 19.0 Å². The summed E-state index contributed by atoms with van der Waals surface area (Å²) in [5.74, 6) is 1.42. The van der Waals surface area contributed by atoms with E-state index in [4.69, 9.17) is 0 Å². The molecule has 0 saturated carbocycles. The Morgan fingerprint density at radius 1 is 1.00 bits per heavy atom. The molecule has 2 N–H and O–H groups in total. The van der Waals surface area contributed by atoms with Crippen LogP contribution in [-0.4, -0.2) is 31.7 Å². The van der Waals surface area contributed by atoms with Gasteiger partial charge in [-0.2, -0.15) is 0 Å². The van der Waals surface area contributed by atoms with E-state index in [-0.39, 0.29) is 10.8 Å². The van der Waals surface area contributed by atoms with Crippen LogP contribution in [0.1, 0.15) is 39.4 Å². The molecule has 1 saturated heterocycles. The number of nitrogens with one attached hydrogen (secondary N) is 2. The fourth-order valence-electron chi connectivity index (χ4n) is 2.72. The first-order valence-electron chi connectivity index (χ1n) is 9.09. The standard InChI is InChI=1S/C20H22N2O4S3/c1-14(23)21-13-15-3-9-18(10-4-15)29(25,26)22-19(24)16-5-7-17(8-6-16)20-27-11-2-12-28-20/h3-10,20H,2,11-13H2,1H3,(H,21,23)(H,22,24). The van der Waals surface area contributed by atoms with Gasteiger partial charge in [-0.15, -0.1) is 23.5 Å². The lowest BCUT2D eigenvalue weighted by Crippen LogP contribution is -2.30. The molecular weight excluding hydrogens is 428 g/mol. The Morgan fingerprint density at radius 2 is 1.62 bits per heavy atom. The summed E-state index contributed by atoms with van der Waals surface area (Å²) < 4.78 is 27.5. The minimum atomic E-state index is -3.98. The minimum absolute atomic E-state index is 0.0101. The molecule has 0 spiro atoms. The predicted molar refractivity (Wildman–Crippen MR) is 117 cm³/mol. The maximum absolute atomic E-state index is 12.5. The summed E-state index contributed by atoms with van der Waals surface area (Å²) in [6.45, 7) is 1.72. The molecule has 0 radical (unpaired) electrons. The van der Waals surface area contributed by atoms with Gasteiger partial charge in [-0.25, -0.2) is 13.1 Å². The highest BCUT2D eigenvalue weighted by atomic mass is 32.2. The minimum Gasteiger partial charge on any atom is -0.352 e. The first-order valence-corrected chi connectivity index (χ1v) is 12.7. The highest BCUT2D eigenvalue weighted by Gasteiger charge is 2.20. The van der Waals surface area contributed by atoms with Crippen LogP contribution in [0.3, 0.4) is 0 Å². The van der Waals surface area contributed by atoms with E-state index in [0.29, 0.717) is 16.7 Å². The van der Waals surface area contributed by atoms with E-state index >= 15 is 0 Å². The van der Waals surface area contributed by atoms with Gasteiger partial charge >= 0.3 is 0 Å². The van der Waals surface area contributed by atoms with Crippen LogP contribution in [0.5, 0.6) is 0 Å². The third kappa shape index (κ3) is 6.01. The number of benzene rings is 2. The monoisotopic (exact) mass is 450 g/mol. The quantitative estimate of drug-likeness (QED) is 0.702. The van der Waals surface area contributed by atoms with E-state index in [1.54, 1.807) is 24.3 Å². The molecule has 0 unspecified atom stereocenters. The number of rotatable bonds is 6. The van der Waals surface area contributed by atoms with E-state index in [1.807, 2.05) is 35.7 Å². The molecule has 29 heavy (non-hydrogen) atoms. The van der Waals surface area contributed by atoms with Crippen LogP contribution in [0.4, 0.5) is 0 Å². The van der Waals surface area contributed by atoms with Crippen molar-refractivity contribution in [2.45, 2.75) is 29.4 Å². The molecule has 2 aromatic carbocycles. The predicted octanol–water partition coefficient (Wildman–Crippen LogP) is 3.31. The molecule has 0 aromatic heterocycles. The maximum Gasteiger partial charge on any atom is 0.264 e. The molecule has 1 fully saturated rings. The Hall–Kier alpha value is -1.97. The first kappa shape index (κ1) is 21.7. The highest BCUT2D eigenvalue weighted by molar-refractivity contribution is 8.16. The van der Waals surface area contributed by atoms with Crippen LogP contribution in [0.15, 0.2) is 53.4 Å². The lowest BCUT2D eigenvalue weighted by atomic mass is 10.1. The summed E-state index contributed by atoms with van der Waals surface area (Å²) in [6, 6.07) is 13.1. The molecule has 1 heterocycles. The van der Waals surface area contributed by atoms with Gasteiger partial charge in [-0.05, 0) is 53.3 Å². The topological polar surface area (TPSA) is 92.3 Å². The normalized spacial score (nSPS) is 14.9. The third-order valence-electron chi connectivity index (χ3n) is 4.27. The van der Waals surface area contributed by atoms with Crippen LogP contribution in [0, 0.1) is 0 Å². The fourth-order valence-corrected chi connectivity index (χ4v) is 6.59. The lowest BCUT2D eigenvalue weighted by molar-refractivity contribution is -0.119. The summed E-state index contributed by atoms with van der Waals surface area (Å²) in [5, 5.41) is 2.64. The van der Waals surface area contributed by atoms with E-state index < -0.39 is 15.9 Å². The zero-order chi connectivity index (χ0) is 20.9. The van der Waals surface area contributed by atoms with Crippen molar-refractivity contribution in [3.63, 3.8) is 0 Å². The molecule has 1 aliphatic rings. The van der Waals surface area contributed by atoms with Crippen molar-refractivity contribution in [2.24, 2.45) is 0 Å². The Labute approximate surface area is 179 Å². The van der Waals surface area contributed by atoms with Crippen LogP contribution < -0.4 is 10.0 Å². The van der Waals surface area contributed by atoms with E-state index in [2.05, 4.69) is 10.0 Å². The van der Waals surface area contributed by atoms with E-state index in [0.717, 1.165) is 22.6 Å². The second-order valence-electron chi connectivity index (χ2n) is 6.54. The number of thioether (sulfide) groups is 2. The van der Waals surface area contributed by atoms with Crippen molar-refractivity contribution in [3.8, 4) is 0 Å². The van der Waals surface area contributed by atoms with Gasteiger partial charge in [0.25, 0.3) is 15.9 Å². The van der Waals surface area contributed by atoms with Crippen molar-refractivity contribution in [2.75, 3.05) is 11.5 Å². The molecular formula is C20H22N2O4S3. The number of hydrogen-bond acceptors (Lipinski definition) is 6. The Balaban J connectivity index is 1.64. The average molecular weight is 451 g/mol. The zero-order valence-corrected chi connectivity index (χ0v) is 18.3. The second-order valence-corrected chi connectivity index (χ2v) is 10.9. The third-order valence-corrected chi connectivity index (χ3v) is 8.64. The summed E-state index contributed by atoms with van der Waals surface area (Å²) in [4.78, 5) is 23.4. The number of amides is 2. The van der Waals surface area contributed by atoms with Gasteiger partial charge in [-0.1, -0.05) is 24.3 Å². The highest BCUT2D eigenvalue weighted by Crippen LogP contribution is 2.43. The second kappa shape index (κ2) is 9.69. The molecule has 9 heteroatoms. The maximum atomic E-state index is 12.5. The van der Waals surface area contributed by atoms with Crippen LogP contribution in [0.2, 0.25) is 0 Å². The van der Waals surface area contributed by atoms with Crippen molar-refractivity contribution in [3.05, 3.63) is 65.2 Å². The number of carbonyl (C=O) groups excluding carboxylic acids is 2. The molecule has 0 bridgehead atoms. The summed E-state index contributed by atoms with van der Waals surface area (Å²) >= 11 is 3.77. The Kier molecular flexibility index (Phi) is 7.26. The van der Waals surface area contributed by atoms with Crippen LogP contribution in [-0.2, 0) is 21.4 Å². The van der Waals surface area contributed by atoms with Gasteiger partial charge < -0.3 is 5.32 Å². The SMILES string of the molecule is CC(=O)NCc1ccc(S(=O)(=O)NC(=O)c2ccc(C3SCCCS3)cc2)cc1. The molecule has 1 aliphatic heterocycles. The molecule has 3 rings (SSSR count). The molecule has 2 amide bonds. The Bertz CT molecular complexity index is 968. The fraction of sp³-hybridized carbons (Fsp3) is 0.300. The van der Waals surface area contributed by atoms with Gasteiger partial charge in [-0.3, -0.25) is 9.59 Å². The molecule has 154 valence electrons. The molecule has 0 atom stereocenters. The Morgan fingerprint density at radius 3 is 2.21 bits per heavy atom. The lowest BCUT2D eigenvalue weighted by Gasteiger charge is -2.21. The van der Waals surface area contributed by atoms with Crippen molar-refractivity contribution >= 4 is 45.4 Å². The van der Waals surface area contributed by atoms with Crippen LogP contribution >= 0.6 is 23.5 Å². The number of carbonyl (C=O) groups is 2. The van der Waals surface area contributed by atoms with Gasteiger partial charge in [0.15, 0.2) is 0 Å². The summed E-state index contributed by atoms with van der Waals surface area (Å²) in [5.41, 5.74) is 2.19. The van der Waals surface area contributed by atoms with Crippen molar-refractivity contribution < 1.29 is 18.0 Å². The first-order chi connectivity index (χ1) is 13.8. The molecule has 6 nitrogen and oxygen atoms in total. The summed E-state index contributed by atoms with van der Waals surface area (Å²) in [6.07, 6.45) is 1.21. The van der Waals surface area contributed by atoms with Gasteiger partial charge in [0.05, 0.1) is 9.48 Å². The largest absolute Gasteiger partial charge is 0.352 e. The zero-order valence-electron chi connectivity index (χ0n) is 15.9. The van der Waals surface area contributed by atoms with Gasteiger partial charge in [0.1, 0.15) is 0 Å². The van der Waals surface area contributed by atoms with Crippen molar-refractivity contribution in [1.29, 1.82) is 0 Å². The van der Waals surface area contributed by atoms with Crippen LogP contribution in [0.25, 0.3) is 0 Å². The average Bonchev–Trinajstić information content (AvgIpc) is 2.73. The van der Waals surface area contributed by atoms with Crippen molar-refractivity contribution in [1.82, 2.24) is 10.0 Å². The smallest absolute Gasteiger partial charge is 0.264 e. The van der Waals surface area contributed by atoms with Gasteiger partial charge in [0.2, 0.25) is 5.91 Å². The summed E-state index contributed by atoms with van der Waals surface area (Å²) in [7, 11) is -3.98. The number of hydrogen-bond donors (Lipinski definition) is 2. The number of sulfonamides is 1. The molecule has 0 aliphatic carbocycles. The van der Waals surface area contributed by atoms with E-state index in [9.17, 15) is 18.0 Å². The van der Waals surface area contributed by atoms with E-state index in [1.165, 1.54) is 25.5 Å².